The van der Waals surface area contributed by atoms with Crippen molar-refractivity contribution >= 4 is 29.2 Å². The van der Waals surface area contributed by atoms with Crippen LogP contribution in [-0.2, 0) is 14.3 Å². The summed E-state index contributed by atoms with van der Waals surface area (Å²) in [6, 6.07) is 12.1. The van der Waals surface area contributed by atoms with Gasteiger partial charge < -0.3 is 15.4 Å². The average molecular weight is 368 g/mol. The molecule has 0 aliphatic heterocycles. The topological polar surface area (TPSA) is 84.5 Å². The maximum absolute atomic E-state index is 12.2. The Morgan fingerprint density at radius 3 is 2.26 bits per heavy atom. The number of para-hydroxylation sites is 1. The van der Waals surface area contributed by atoms with Crippen molar-refractivity contribution in [2.45, 2.75) is 33.6 Å². The number of carbonyl (C=O) groups excluding carboxylic acids is 3. The summed E-state index contributed by atoms with van der Waals surface area (Å²) >= 11 is 0. The van der Waals surface area contributed by atoms with Crippen molar-refractivity contribution in [3.05, 3.63) is 59.2 Å². The lowest BCUT2D eigenvalue weighted by atomic mass is 9.98. The fourth-order valence-corrected chi connectivity index (χ4v) is 2.63. The predicted octanol–water partition coefficient (Wildman–Crippen LogP) is 3.87. The number of amides is 2. The van der Waals surface area contributed by atoms with E-state index in [0.717, 1.165) is 16.8 Å². The highest BCUT2D eigenvalue weighted by atomic mass is 16.5. The molecule has 0 radical (unpaired) electrons. The molecule has 0 atom stereocenters. The molecule has 0 spiro atoms. The van der Waals surface area contributed by atoms with Crippen LogP contribution in [-0.4, -0.2) is 24.4 Å². The fourth-order valence-electron chi connectivity index (χ4n) is 2.63. The first kappa shape index (κ1) is 20.2. The zero-order valence-corrected chi connectivity index (χ0v) is 16.0. The van der Waals surface area contributed by atoms with Crippen molar-refractivity contribution in [3.8, 4) is 0 Å². The third kappa shape index (κ3) is 5.67. The second kappa shape index (κ2) is 8.98. The first-order chi connectivity index (χ1) is 12.8. The summed E-state index contributed by atoms with van der Waals surface area (Å²) in [6.45, 7) is 7.05. The minimum absolute atomic E-state index is 0.195. The molecule has 0 fully saturated rings. The number of ether oxygens (including phenoxy) is 1. The standard InChI is InChI=1S/C21H24N2O4/c1-13(2)18-7-5-6-14(3)20(18)23-19(25)12-27-21(26)16-8-10-17(11-9-16)22-15(4)24/h5-11,13H,12H2,1-4H3,(H,22,24)(H,23,25). The predicted molar refractivity (Wildman–Crippen MR) is 105 cm³/mol. The molecule has 6 nitrogen and oxygen atoms in total. The lowest BCUT2D eigenvalue weighted by Gasteiger charge is -2.16. The van der Waals surface area contributed by atoms with Crippen LogP contribution in [0.3, 0.4) is 0 Å². The SMILES string of the molecule is CC(=O)Nc1ccc(C(=O)OCC(=O)Nc2c(C)cccc2C(C)C)cc1. The molecule has 142 valence electrons. The molecule has 0 aromatic heterocycles. The molecular weight excluding hydrogens is 344 g/mol. The molecule has 0 aliphatic rings. The van der Waals surface area contributed by atoms with Crippen molar-refractivity contribution in [2.24, 2.45) is 0 Å². The Balaban J connectivity index is 1.96. The Morgan fingerprint density at radius 1 is 1.00 bits per heavy atom. The van der Waals surface area contributed by atoms with Gasteiger partial charge in [-0.1, -0.05) is 32.0 Å². The van der Waals surface area contributed by atoms with Gasteiger partial charge in [0.15, 0.2) is 6.61 Å². The Bertz CT molecular complexity index is 842. The Labute approximate surface area is 158 Å². The van der Waals surface area contributed by atoms with Crippen molar-refractivity contribution in [3.63, 3.8) is 0 Å². The molecule has 0 aliphatic carbocycles. The minimum Gasteiger partial charge on any atom is -0.452 e. The molecule has 0 saturated heterocycles. The molecule has 2 aromatic rings. The Hall–Kier alpha value is -3.15. The molecule has 2 amide bonds. The van der Waals surface area contributed by atoms with E-state index in [2.05, 4.69) is 24.5 Å². The van der Waals surface area contributed by atoms with Gasteiger partial charge in [0.25, 0.3) is 5.91 Å². The number of esters is 1. The number of anilines is 2. The van der Waals surface area contributed by atoms with Gasteiger partial charge in [0.1, 0.15) is 0 Å². The van der Waals surface area contributed by atoms with Crippen LogP contribution in [0.5, 0.6) is 0 Å². The molecule has 2 rings (SSSR count). The Morgan fingerprint density at radius 2 is 1.67 bits per heavy atom. The van der Waals surface area contributed by atoms with Crippen LogP contribution in [0.4, 0.5) is 11.4 Å². The largest absolute Gasteiger partial charge is 0.452 e. The highest BCUT2D eigenvalue weighted by molar-refractivity contribution is 5.97. The smallest absolute Gasteiger partial charge is 0.338 e. The average Bonchev–Trinajstić information content (AvgIpc) is 2.61. The molecule has 6 heteroatoms. The molecule has 0 unspecified atom stereocenters. The summed E-state index contributed by atoms with van der Waals surface area (Å²) in [5.74, 6) is -0.938. The summed E-state index contributed by atoms with van der Waals surface area (Å²) in [5, 5.41) is 5.45. The zero-order valence-electron chi connectivity index (χ0n) is 16.0. The number of aryl methyl sites for hydroxylation is 1. The lowest BCUT2D eigenvalue weighted by molar-refractivity contribution is -0.119. The molecule has 2 aromatic carbocycles. The fraction of sp³-hybridized carbons (Fsp3) is 0.286. The van der Waals surface area contributed by atoms with E-state index in [1.165, 1.54) is 19.1 Å². The van der Waals surface area contributed by atoms with E-state index < -0.39 is 11.9 Å². The molecule has 27 heavy (non-hydrogen) atoms. The van der Waals surface area contributed by atoms with Crippen molar-refractivity contribution in [1.29, 1.82) is 0 Å². The van der Waals surface area contributed by atoms with Crippen molar-refractivity contribution in [1.82, 2.24) is 0 Å². The van der Waals surface area contributed by atoms with Gasteiger partial charge in [-0.05, 0) is 48.2 Å². The van der Waals surface area contributed by atoms with Gasteiger partial charge in [-0.25, -0.2) is 4.79 Å². The first-order valence-corrected chi connectivity index (χ1v) is 8.72. The van der Waals surface area contributed by atoms with E-state index in [1.54, 1.807) is 12.1 Å². The van der Waals surface area contributed by atoms with E-state index in [1.807, 2.05) is 25.1 Å². The van der Waals surface area contributed by atoms with Crippen LogP contribution in [0.15, 0.2) is 42.5 Å². The first-order valence-electron chi connectivity index (χ1n) is 8.72. The Kier molecular flexibility index (Phi) is 6.71. The second-order valence-electron chi connectivity index (χ2n) is 6.58. The van der Waals surface area contributed by atoms with Crippen LogP contribution >= 0.6 is 0 Å². The van der Waals surface area contributed by atoms with Gasteiger partial charge >= 0.3 is 5.97 Å². The summed E-state index contributed by atoms with van der Waals surface area (Å²) in [6.07, 6.45) is 0. The van der Waals surface area contributed by atoms with Gasteiger partial charge in [-0.15, -0.1) is 0 Å². The number of hydrogen-bond acceptors (Lipinski definition) is 4. The summed E-state index contributed by atoms with van der Waals surface area (Å²) in [7, 11) is 0. The van der Waals surface area contributed by atoms with Crippen LogP contribution in [0.2, 0.25) is 0 Å². The van der Waals surface area contributed by atoms with Gasteiger partial charge in [0.05, 0.1) is 5.56 Å². The van der Waals surface area contributed by atoms with Gasteiger partial charge in [0, 0.05) is 18.3 Å². The summed E-state index contributed by atoms with van der Waals surface area (Å²) in [5.41, 5.74) is 3.62. The number of rotatable bonds is 6. The third-order valence-electron chi connectivity index (χ3n) is 3.97. The van der Waals surface area contributed by atoms with Gasteiger partial charge in [-0.2, -0.15) is 0 Å². The summed E-state index contributed by atoms with van der Waals surface area (Å²) in [4.78, 5) is 35.3. The monoisotopic (exact) mass is 368 g/mol. The number of carbonyl (C=O) groups is 3. The van der Waals surface area contributed by atoms with Crippen molar-refractivity contribution < 1.29 is 19.1 Å². The molecule has 0 saturated carbocycles. The summed E-state index contributed by atoms with van der Waals surface area (Å²) < 4.78 is 5.08. The maximum atomic E-state index is 12.2. The highest BCUT2D eigenvalue weighted by Crippen LogP contribution is 2.27. The number of benzene rings is 2. The number of hydrogen-bond donors (Lipinski definition) is 2. The second-order valence-corrected chi connectivity index (χ2v) is 6.58. The number of nitrogens with one attached hydrogen (secondary N) is 2. The van der Waals surface area contributed by atoms with Gasteiger partial charge in [0.2, 0.25) is 5.91 Å². The van der Waals surface area contributed by atoms with Crippen LogP contribution < -0.4 is 10.6 Å². The third-order valence-corrected chi connectivity index (χ3v) is 3.97. The molecular formula is C21H24N2O4. The van der Waals surface area contributed by atoms with Gasteiger partial charge in [-0.3, -0.25) is 9.59 Å². The van der Waals surface area contributed by atoms with E-state index in [9.17, 15) is 14.4 Å². The van der Waals surface area contributed by atoms with Crippen molar-refractivity contribution in [2.75, 3.05) is 17.2 Å². The minimum atomic E-state index is -0.603. The highest BCUT2D eigenvalue weighted by Gasteiger charge is 2.14. The molecule has 0 heterocycles. The van der Waals surface area contributed by atoms with Crippen LogP contribution in [0.1, 0.15) is 48.2 Å². The quantitative estimate of drug-likeness (QED) is 0.758. The molecule has 0 bridgehead atoms. The van der Waals surface area contributed by atoms with Crippen LogP contribution in [0, 0.1) is 6.92 Å². The van der Waals surface area contributed by atoms with E-state index in [-0.39, 0.29) is 18.4 Å². The maximum Gasteiger partial charge on any atom is 0.338 e. The lowest BCUT2D eigenvalue weighted by Crippen LogP contribution is -2.22. The van der Waals surface area contributed by atoms with E-state index in [0.29, 0.717) is 11.3 Å². The zero-order chi connectivity index (χ0) is 20.0. The van der Waals surface area contributed by atoms with Crippen LogP contribution in [0.25, 0.3) is 0 Å². The van der Waals surface area contributed by atoms with E-state index in [4.69, 9.17) is 4.74 Å². The molecule has 2 N–H and O–H groups in total. The normalized spacial score (nSPS) is 10.4. The van der Waals surface area contributed by atoms with E-state index >= 15 is 0 Å².